The van der Waals surface area contributed by atoms with E-state index in [0.29, 0.717) is 36.8 Å². The highest BCUT2D eigenvalue weighted by molar-refractivity contribution is 6.31. The van der Waals surface area contributed by atoms with E-state index in [-0.39, 0.29) is 11.9 Å². The van der Waals surface area contributed by atoms with Crippen molar-refractivity contribution in [3.05, 3.63) is 95.1 Å². The van der Waals surface area contributed by atoms with Crippen LogP contribution in [0.3, 0.4) is 0 Å². The second-order valence-electron chi connectivity index (χ2n) is 8.98. The number of anilines is 3. The molecular formula is C29H28ClN5O2. The van der Waals surface area contributed by atoms with Crippen LogP contribution in [0, 0.1) is 0 Å². The number of halogens is 1. The van der Waals surface area contributed by atoms with Crippen molar-refractivity contribution < 1.29 is 9.59 Å². The van der Waals surface area contributed by atoms with Gasteiger partial charge in [0.25, 0.3) is 5.91 Å². The van der Waals surface area contributed by atoms with E-state index in [4.69, 9.17) is 11.6 Å². The first kappa shape index (κ1) is 24.6. The average Bonchev–Trinajstić information content (AvgIpc) is 2.93. The summed E-state index contributed by atoms with van der Waals surface area (Å²) in [5.74, 6) is -0.0363. The number of pyridine rings is 1. The molecule has 5 rings (SSSR count). The van der Waals surface area contributed by atoms with Crippen LogP contribution in [0.1, 0.15) is 22.8 Å². The third-order valence-electron chi connectivity index (χ3n) is 6.58. The highest BCUT2D eigenvalue weighted by Gasteiger charge is 2.25. The Bertz CT molecular complexity index is 1410. The topological polar surface area (TPSA) is 77.6 Å². The van der Waals surface area contributed by atoms with E-state index < -0.39 is 0 Å². The van der Waals surface area contributed by atoms with Crippen LogP contribution in [0.4, 0.5) is 21.9 Å². The fourth-order valence-corrected chi connectivity index (χ4v) is 4.57. The molecular weight excluding hydrogens is 486 g/mol. The van der Waals surface area contributed by atoms with Crippen LogP contribution in [0.2, 0.25) is 5.02 Å². The van der Waals surface area contributed by atoms with Gasteiger partial charge in [-0.25, -0.2) is 4.79 Å². The highest BCUT2D eigenvalue weighted by Crippen LogP contribution is 2.27. The number of rotatable bonds is 5. The minimum absolute atomic E-state index is 0.0363. The third kappa shape index (κ3) is 5.67. The first-order valence-electron chi connectivity index (χ1n) is 12.4. The Morgan fingerprint density at radius 2 is 1.54 bits per heavy atom. The van der Waals surface area contributed by atoms with Crippen molar-refractivity contribution in [2.24, 2.45) is 0 Å². The summed E-state index contributed by atoms with van der Waals surface area (Å²) in [5, 5.41) is 7.95. The molecule has 8 heteroatoms. The van der Waals surface area contributed by atoms with E-state index in [9.17, 15) is 9.59 Å². The molecule has 1 aliphatic rings. The Morgan fingerprint density at radius 1 is 0.865 bits per heavy atom. The van der Waals surface area contributed by atoms with E-state index in [2.05, 4.69) is 22.5 Å². The number of hydrogen-bond acceptors (Lipinski definition) is 4. The molecule has 0 radical (unpaired) electrons. The lowest BCUT2D eigenvalue weighted by atomic mass is 10.1. The molecule has 37 heavy (non-hydrogen) atoms. The maximum Gasteiger partial charge on any atom is 0.321 e. The van der Waals surface area contributed by atoms with Gasteiger partial charge >= 0.3 is 6.03 Å². The number of benzene rings is 3. The third-order valence-corrected chi connectivity index (χ3v) is 6.82. The molecule has 4 aromatic rings. The molecule has 188 valence electrons. The summed E-state index contributed by atoms with van der Waals surface area (Å²) in [4.78, 5) is 33.6. The number of amides is 3. The largest absolute Gasteiger partial charge is 0.355 e. The number of aromatic nitrogens is 1. The van der Waals surface area contributed by atoms with Gasteiger partial charge in [0, 0.05) is 65.4 Å². The van der Waals surface area contributed by atoms with Gasteiger partial charge in [0.2, 0.25) is 0 Å². The number of nitrogens with one attached hydrogen (secondary N) is 2. The Kier molecular flexibility index (Phi) is 7.23. The van der Waals surface area contributed by atoms with Crippen LogP contribution in [0.5, 0.6) is 0 Å². The highest BCUT2D eigenvalue weighted by atomic mass is 35.5. The van der Waals surface area contributed by atoms with Crippen molar-refractivity contribution in [1.29, 1.82) is 0 Å². The van der Waals surface area contributed by atoms with Crippen LogP contribution in [-0.2, 0) is 6.42 Å². The maximum atomic E-state index is 13.1. The van der Waals surface area contributed by atoms with Gasteiger partial charge in [0.1, 0.15) is 0 Å². The van der Waals surface area contributed by atoms with Crippen molar-refractivity contribution >= 4 is 51.5 Å². The molecule has 0 saturated carbocycles. The Balaban J connectivity index is 1.17. The second kappa shape index (κ2) is 10.9. The number of aryl methyl sites for hydroxylation is 1. The van der Waals surface area contributed by atoms with Crippen LogP contribution in [0.15, 0.2) is 79.0 Å². The van der Waals surface area contributed by atoms with Crippen molar-refractivity contribution in [3.63, 3.8) is 0 Å². The van der Waals surface area contributed by atoms with Crippen molar-refractivity contribution in [2.45, 2.75) is 13.3 Å². The lowest BCUT2D eigenvalue weighted by Crippen LogP contribution is -2.51. The van der Waals surface area contributed by atoms with Gasteiger partial charge < -0.3 is 20.4 Å². The van der Waals surface area contributed by atoms with Crippen molar-refractivity contribution in [2.75, 3.05) is 36.8 Å². The Hall–Kier alpha value is -4.10. The zero-order chi connectivity index (χ0) is 25.8. The molecule has 3 amide bonds. The number of fused-ring (bicyclic) bond motifs is 1. The Labute approximate surface area is 221 Å². The molecule has 3 aromatic carbocycles. The predicted octanol–water partition coefficient (Wildman–Crippen LogP) is 6.18. The van der Waals surface area contributed by atoms with Gasteiger partial charge in [-0.1, -0.05) is 30.7 Å². The number of nitrogens with zero attached hydrogens (tertiary/aromatic N) is 3. The Morgan fingerprint density at radius 3 is 2.24 bits per heavy atom. The van der Waals surface area contributed by atoms with Gasteiger partial charge in [-0.2, -0.15) is 0 Å². The van der Waals surface area contributed by atoms with Gasteiger partial charge in [-0.3, -0.25) is 9.78 Å². The molecule has 0 atom stereocenters. The van der Waals surface area contributed by atoms with Gasteiger partial charge in [0.15, 0.2) is 0 Å². The molecule has 1 fully saturated rings. The van der Waals surface area contributed by atoms with E-state index in [1.807, 2.05) is 72.8 Å². The normalized spacial score (nSPS) is 13.5. The molecule has 2 N–H and O–H groups in total. The summed E-state index contributed by atoms with van der Waals surface area (Å²) in [7, 11) is 0. The van der Waals surface area contributed by atoms with Gasteiger partial charge in [-0.05, 0) is 72.6 Å². The number of piperazine rings is 1. The SMILES string of the molecule is CCc1ccc(NC(=O)N2CCN(C(=O)c3ccc(Nc4ccnc5cc(Cl)ccc45)cc3)CC2)cc1. The predicted molar refractivity (Wildman–Crippen MR) is 149 cm³/mol. The van der Waals surface area contributed by atoms with Crippen LogP contribution in [-0.4, -0.2) is 52.9 Å². The molecule has 1 aromatic heterocycles. The molecule has 0 bridgehead atoms. The average molecular weight is 514 g/mol. The van der Waals surface area contributed by atoms with Crippen LogP contribution < -0.4 is 10.6 Å². The summed E-state index contributed by atoms with van der Waals surface area (Å²) < 4.78 is 0. The van der Waals surface area contributed by atoms with Crippen LogP contribution >= 0.6 is 11.6 Å². The summed E-state index contributed by atoms with van der Waals surface area (Å²) in [6.45, 7) is 4.06. The second-order valence-corrected chi connectivity index (χ2v) is 9.42. The first-order valence-corrected chi connectivity index (χ1v) is 12.7. The molecule has 0 spiro atoms. The van der Waals surface area contributed by atoms with E-state index in [1.54, 1.807) is 16.0 Å². The molecule has 0 unspecified atom stereocenters. The summed E-state index contributed by atoms with van der Waals surface area (Å²) in [5.41, 5.74) is 5.21. The zero-order valence-electron chi connectivity index (χ0n) is 20.6. The summed E-state index contributed by atoms with van der Waals surface area (Å²) >= 11 is 6.09. The smallest absolute Gasteiger partial charge is 0.321 e. The van der Waals surface area contributed by atoms with Crippen molar-refractivity contribution in [1.82, 2.24) is 14.8 Å². The number of hydrogen-bond donors (Lipinski definition) is 2. The minimum Gasteiger partial charge on any atom is -0.355 e. The lowest BCUT2D eigenvalue weighted by molar-refractivity contribution is 0.0671. The maximum absolute atomic E-state index is 13.1. The number of urea groups is 1. The lowest BCUT2D eigenvalue weighted by Gasteiger charge is -2.34. The van der Waals surface area contributed by atoms with Gasteiger partial charge in [0.05, 0.1) is 5.52 Å². The summed E-state index contributed by atoms with van der Waals surface area (Å²) in [6.07, 6.45) is 2.70. The van der Waals surface area contributed by atoms with Crippen molar-refractivity contribution in [3.8, 4) is 0 Å². The molecule has 1 aliphatic heterocycles. The standard InChI is InChI=1S/C29H28ClN5O2/c1-2-20-3-8-24(9-4-20)33-29(37)35-17-15-34(16-18-35)28(36)21-5-10-23(11-6-21)32-26-13-14-31-27-19-22(30)7-12-25(26)27/h3-14,19H,2,15-18H2,1H3,(H,31,32)(H,33,37). The van der Waals surface area contributed by atoms with Crippen LogP contribution in [0.25, 0.3) is 10.9 Å². The monoisotopic (exact) mass is 513 g/mol. The molecule has 2 heterocycles. The number of carbonyl (C=O) groups excluding carboxylic acids is 2. The number of carbonyl (C=O) groups is 2. The van der Waals surface area contributed by atoms with E-state index in [0.717, 1.165) is 34.4 Å². The first-order chi connectivity index (χ1) is 18.0. The molecule has 7 nitrogen and oxygen atoms in total. The fraction of sp³-hybridized carbons (Fsp3) is 0.207. The van der Waals surface area contributed by atoms with E-state index >= 15 is 0 Å². The molecule has 1 saturated heterocycles. The summed E-state index contributed by atoms with van der Waals surface area (Å²) in [6, 6.07) is 22.7. The molecule has 0 aliphatic carbocycles. The quantitative estimate of drug-likeness (QED) is 0.334. The fourth-order valence-electron chi connectivity index (χ4n) is 4.40. The van der Waals surface area contributed by atoms with E-state index in [1.165, 1.54) is 5.56 Å². The minimum atomic E-state index is -0.141. The zero-order valence-corrected chi connectivity index (χ0v) is 21.3. The van der Waals surface area contributed by atoms with Gasteiger partial charge in [-0.15, -0.1) is 0 Å².